The molecular weight excluding hydrogens is 184 g/mol. The van der Waals surface area contributed by atoms with Crippen LogP contribution in [-0.2, 0) is 6.42 Å². The van der Waals surface area contributed by atoms with Crippen LogP contribution < -0.4 is 5.32 Å². The van der Waals surface area contributed by atoms with Crippen LogP contribution in [0.15, 0.2) is 24.3 Å². The SMILES string of the molecule is c1ccc2c(c1)CCC2N1CCNCC1. The molecule has 0 amide bonds. The summed E-state index contributed by atoms with van der Waals surface area (Å²) >= 11 is 0. The molecule has 1 fully saturated rings. The molecule has 1 saturated heterocycles. The molecule has 1 aliphatic heterocycles. The van der Waals surface area contributed by atoms with Crippen LogP contribution in [0.25, 0.3) is 0 Å². The number of fused-ring (bicyclic) bond motifs is 1. The van der Waals surface area contributed by atoms with Crippen LogP contribution in [0.5, 0.6) is 0 Å². The van der Waals surface area contributed by atoms with E-state index in [0.717, 1.165) is 13.1 Å². The van der Waals surface area contributed by atoms with Gasteiger partial charge in [0.2, 0.25) is 0 Å². The fourth-order valence-electron chi connectivity index (χ4n) is 2.91. The number of nitrogens with zero attached hydrogens (tertiary/aromatic N) is 1. The Morgan fingerprint density at radius 3 is 2.80 bits per heavy atom. The van der Waals surface area contributed by atoms with E-state index in [2.05, 4.69) is 34.5 Å². The average Bonchev–Trinajstić information content (AvgIpc) is 2.74. The monoisotopic (exact) mass is 202 g/mol. The lowest BCUT2D eigenvalue weighted by molar-refractivity contribution is 0.173. The fourth-order valence-corrected chi connectivity index (χ4v) is 2.91. The fraction of sp³-hybridized carbons (Fsp3) is 0.538. The molecule has 0 radical (unpaired) electrons. The Kier molecular flexibility index (Phi) is 2.47. The predicted molar refractivity (Wildman–Crippen MR) is 61.9 cm³/mol. The molecule has 1 unspecified atom stereocenters. The quantitative estimate of drug-likeness (QED) is 0.744. The van der Waals surface area contributed by atoms with Crippen LogP contribution in [0, 0.1) is 0 Å². The van der Waals surface area contributed by atoms with Crippen molar-refractivity contribution in [2.75, 3.05) is 26.2 Å². The average molecular weight is 202 g/mol. The highest BCUT2D eigenvalue weighted by atomic mass is 15.2. The number of nitrogens with one attached hydrogen (secondary N) is 1. The Hall–Kier alpha value is -0.860. The van der Waals surface area contributed by atoms with Gasteiger partial charge in [0.25, 0.3) is 0 Å². The third-order valence-corrected chi connectivity index (χ3v) is 3.69. The molecule has 2 nitrogen and oxygen atoms in total. The lowest BCUT2D eigenvalue weighted by Gasteiger charge is -2.33. The molecule has 1 aromatic rings. The Morgan fingerprint density at radius 2 is 1.93 bits per heavy atom. The minimum atomic E-state index is 0.698. The van der Waals surface area contributed by atoms with Gasteiger partial charge in [-0.3, -0.25) is 4.90 Å². The Balaban J connectivity index is 1.83. The van der Waals surface area contributed by atoms with Crippen molar-refractivity contribution in [1.29, 1.82) is 0 Å². The maximum absolute atomic E-state index is 3.42. The van der Waals surface area contributed by atoms with Gasteiger partial charge in [-0.15, -0.1) is 0 Å². The van der Waals surface area contributed by atoms with Gasteiger partial charge in [0.05, 0.1) is 0 Å². The summed E-state index contributed by atoms with van der Waals surface area (Å²) in [4.78, 5) is 2.64. The van der Waals surface area contributed by atoms with Gasteiger partial charge < -0.3 is 5.32 Å². The molecule has 1 aliphatic carbocycles. The molecule has 3 rings (SSSR count). The summed E-state index contributed by atoms with van der Waals surface area (Å²) in [7, 11) is 0. The first kappa shape index (κ1) is 9.37. The standard InChI is InChI=1S/C13H18N2/c1-2-4-12-11(3-1)5-6-13(12)15-9-7-14-8-10-15/h1-4,13-14H,5-10H2. The van der Waals surface area contributed by atoms with Crippen LogP contribution >= 0.6 is 0 Å². The Labute approximate surface area is 91.3 Å². The summed E-state index contributed by atoms with van der Waals surface area (Å²) in [6.07, 6.45) is 2.59. The van der Waals surface area contributed by atoms with E-state index in [9.17, 15) is 0 Å². The second-order valence-electron chi connectivity index (χ2n) is 4.54. The molecule has 0 aromatic heterocycles. The predicted octanol–water partition coefficient (Wildman–Crippen LogP) is 1.58. The first-order valence-corrected chi connectivity index (χ1v) is 5.98. The lowest BCUT2D eigenvalue weighted by atomic mass is 10.1. The molecule has 2 aliphatic rings. The maximum atomic E-state index is 3.42. The van der Waals surface area contributed by atoms with Gasteiger partial charge in [0.1, 0.15) is 0 Å². The molecule has 1 N–H and O–H groups in total. The Bertz CT molecular complexity index is 342. The van der Waals surface area contributed by atoms with E-state index in [1.165, 1.54) is 25.9 Å². The number of benzene rings is 1. The minimum Gasteiger partial charge on any atom is -0.314 e. The van der Waals surface area contributed by atoms with E-state index >= 15 is 0 Å². The van der Waals surface area contributed by atoms with Gasteiger partial charge in [-0.1, -0.05) is 24.3 Å². The van der Waals surface area contributed by atoms with Crippen LogP contribution in [0.3, 0.4) is 0 Å². The van der Waals surface area contributed by atoms with Crippen molar-refractivity contribution in [3.8, 4) is 0 Å². The zero-order valence-corrected chi connectivity index (χ0v) is 9.08. The molecule has 1 atom stereocenters. The van der Waals surface area contributed by atoms with Crippen molar-refractivity contribution in [3.63, 3.8) is 0 Å². The second-order valence-corrected chi connectivity index (χ2v) is 4.54. The molecule has 80 valence electrons. The zero-order chi connectivity index (χ0) is 10.1. The minimum absolute atomic E-state index is 0.698. The van der Waals surface area contributed by atoms with E-state index in [0.29, 0.717) is 6.04 Å². The summed E-state index contributed by atoms with van der Waals surface area (Å²) in [6.45, 7) is 4.72. The first-order chi connectivity index (χ1) is 7.45. The van der Waals surface area contributed by atoms with Gasteiger partial charge >= 0.3 is 0 Å². The van der Waals surface area contributed by atoms with Crippen molar-refractivity contribution in [2.24, 2.45) is 0 Å². The molecular formula is C13H18N2. The third-order valence-electron chi connectivity index (χ3n) is 3.69. The highest BCUT2D eigenvalue weighted by molar-refractivity contribution is 5.34. The molecule has 1 heterocycles. The topological polar surface area (TPSA) is 15.3 Å². The summed E-state index contributed by atoms with van der Waals surface area (Å²) in [5.41, 5.74) is 3.15. The number of piperazine rings is 1. The van der Waals surface area contributed by atoms with E-state index in [-0.39, 0.29) is 0 Å². The molecule has 0 spiro atoms. The number of hydrogen-bond donors (Lipinski definition) is 1. The first-order valence-electron chi connectivity index (χ1n) is 5.98. The summed E-state index contributed by atoms with van der Waals surface area (Å²) in [5.74, 6) is 0. The molecule has 0 bridgehead atoms. The van der Waals surface area contributed by atoms with Crippen LogP contribution in [0.2, 0.25) is 0 Å². The number of aryl methyl sites for hydroxylation is 1. The molecule has 15 heavy (non-hydrogen) atoms. The normalized spacial score (nSPS) is 26.5. The van der Waals surface area contributed by atoms with Crippen LogP contribution in [0.4, 0.5) is 0 Å². The van der Waals surface area contributed by atoms with Crippen molar-refractivity contribution in [3.05, 3.63) is 35.4 Å². The van der Waals surface area contributed by atoms with E-state index < -0.39 is 0 Å². The number of rotatable bonds is 1. The van der Waals surface area contributed by atoms with Gasteiger partial charge in [-0.05, 0) is 24.0 Å². The van der Waals surface area contributed by atoms with Crippen molar-refractivity contribution < 1.29 is 0 Å². The van der Waals surface area contributed by atoms with Crippen LogP contribution in [-0.4, -0.2) is 31.1 Å². The van der Waals surface area contributed by atoms with E-state index in [1.54, 1.807) is 11.1 Å². The Morgan fingerprint density at radius 1 is 1.13 bits per heavy atom. The smallest absolute Gasteiger partial charge is 0.0355 e. The highest BCUT2D eigenvalue weighted by Crippen LogP contribution is 2.35. The summed E-state index contributed by atoms with van der Waals surface area (Å²) in [6, 6.07) is 9.65. The highest BCUT2D eigenvalue weighted by Gasteiger charge is 2.27. The molecule has 0 saturated carbocycles. The summed E-state index contributed by atoms with van der Waals surface area (Å²) in [5, 5.41) is 3.42. The maximum Gasteiger partial charge on any atom is 0.0355 e. The molecule has 2 heteroatoms. The number of hydrogen-bond acceptors (Lipinski definition) is 2. The third kappa shape index (κ3) is 1.68. The van der Waals surface area contributed by atoms with E-state index in [1.807, 2.05) is 0 Å². The van der Waals surface area contributed by atoms with Gasteiger partial charge in [0, 0.05) is 32.2 Å². The van der Waals surface area contributed by atoms with Crippen molar-refractivity contribution in [1.82, 2.24) is 10.2 Å². The van der Waals surface area contributed by atoms with Crippen LogP contribution in [0.1, 0.15) is 23.6 Å². The largest absolute Gasteiger partial charge is 0.314 e. The second kappa shape index (κ2) is 3.95. The van der Waals surface area contributed by atoms with Gasteiger partial charge in [0.15, 0.2) is 0 Å². The van der Waals surface area contributed by atoms with E-state index in [4.69, 9.17) is 0 Å². The van der Waals surface area contributed by atoms with Gasteiger partial charge in [-0.25, -0.2) is 0 Å². The van der Waals surface area contributed by atoms with Crippen molar-refractivity contribution >= 4 is 0 Å². The van der Waals surface area contributed by atoms with Gasteiger partial charge in [-0.2, -0.15) is 0 Å². The lowest BCUT2D eigenvalue weighted by Crippen LogP contribution is -2.44. The zero-order valence-electron chi connectivity index (χ0n) is 9.08. The summed E-state index contributed by atoms with van der Waals surface area (Å²) < 4.78 is 0. The molecule has 1 aromatic carbocycles. The van der Waals surface area contributed by atoms with Crippen molar-refractivity contribution in [2.45, 2.75) is 18.9 Å².